The zero-order valence-corrected chi connectivity index (χ0v) is 10.8. The first-order valence-electron chi connectivity index (χ1n) is 6.46. The molecular weight excluding hydrogens is 251 g/mol. The van der Waals surface area contributed by atoms with Gasteiger partial charge in [0, 0.05) is 0 Å². The monoisotopic (exact) mass is 267 g/mol. The molecule has 0 atom stereocenters. The second-order valence-corrected chi connectivity index (χ2v) is 5.45. The van der Waals surface area contributed by atoms with Crippen LogP contribution in [0.4, 0.5) is 13.2 Å². The molecule has 1 aromatic carbocycles. The minimum atomic E-state index is -4.35. The van der Waals surface area contributed by atoms with Crippen LogP contribution in [0.1, 0.15) is 43.7 Å². The summed E-state index contributed by atoms with van der Waals surface area (Å²) in [6, 6.07) is 7.50. The van der Waals surface area contributed by atoms with Crippen LogP contribution in [0.15, 0.2) is 24.3 Å². The van der Waals surface area contributed by atoms with Crippen LogP contribution < -0.4 is 0 Å². The summed E-state index contributed by atoms with van der Waals surface area (Å²) in [4.78, 5) is 0. The Labute approximate surface area is 111 Å². The fraction of sp³-hybridized carbons (Fsp3) is 0.533. The normalized spacial score (nSPS) is 27.8. The van der Waals surface area contributed by atoms with E-state index in [0.29, 0.717) is 24.3 Å². The summed E-state index contributed by atoms with van der Waals surface area (Å²) in [5.74, 6) is 0.548. The van der Waals surface area contributed by atoms with Crippen molar-refractivity contribution < 1.29 is 13.2 Å². The Balaban J connectivity index is 2.37. The van der Waals surface area contributed by atoms with Gasteiger partial charge in [0.1, 0.15) is 0 Å². The van der Waals surface area contributed by atoms with Crippen molar-refractivity contribution in [2.75, 3.05) is 0 Å². The van der Waals surface area contributed by atoms with Gasteiger partial charge in [-0.2, -0.15) is 18.4 Å². The highest BCUT2D eigenvalue weighted by atomic mass is 19.4. The van der Waals surface area contributed by atoms with Crippen LogP contribution in [0.2, 0.25) is 0 Å². The molecule has 1 aromatic rings. The molecule has 1 aliphatic carbocycles. The fourth-order valence-electron chi connectivity index (χ4n) is 2.71. The molecule has 0 aromatic heterocycles. The topological polar surface area (TPSA) is 23.8 Å². The number of nitrogens with zero attached hydrogens (tertiary/aromatic N) is 1. The van der Waals surface area contributed by atoms with Crippen LogP contribution in [0, 0.1) is 17.2 Å². The number of hydrogen-bond donors (Lipinski definition) is 0. The van der Waals surface area contributed by atoms with Gasteiger partial charge in [0.25, 0.3) is 0 Å². The van der Waals surface area contributed by atoms with Gasteiger partial charge in [-0.3, -0.25) is 0 Å². The van der Waals surface area contributed by atoms with Gasteiger partial charge in [0.05, 0.1) is 17.0 Å². The quantitative estimate of drug-likeness (QED) is 0.725. The molecule has 1 fully saturated rings. The smallest absolute Gasteiger partial charge is 0.197 e. The zero-order valence-electron chi connectivity index (χ0n) is 10.8. The minimum absolute atomic E-state index is 0.511. The van der Waals surface area contributed by atoms with Crippen LogP contribution in [-0.2, 0) is 11.6 Å². The lowest BCUT2D eigenvalue weighted by molar-refractivity contribution is -0.137. The maximum atomic E-state index is 12.7. The van der Waals surface area contributed by atoms with Gasteiger partial charge in [0.15, 0.2) is 0 Å². The Hall–Kier alpha value is -1.50. The van der Waals surface area contributed by atoms with E-state index in [9.17, 15) is 18.4 Å². The molecule has 1 aliphatic rings. The van der Waals surface area contributed by atoms with E-state index < -0.39 is 17.2 Å². The average molecular weight is 267 g/mol. The lowest BCUT2D eigenvalue weighted by atomic mass is 9.68. The molecular formula is C15H16F3N. The number of nitriles is 1. The number of benzene rings is 1. The maximum absolute atomic E-state index is 12.7. The first kappa shape index (κ1) is 13.9. The lowest BCUT2D eigenvalue weighted by Gasteiger charge is -2.34. The Bertz CT molecular complexity index is 491. The van der Waals surface area contributed by atoms with Crippen molar-refractivity contribution in [1.29, 1.82) is 5.26 Å². The van der Waals surface area contributed by atoms with Crippen LogP contribution in [0.25, 0.3) is 0 Å². The van der Waals surface area contributed by atoms with Crippen molar-refractivity contribution in [2.24, 2.45) is 5.92 Å². The number of rotatable bonds is 1. The molecule has 0 spiro atoms. The number of halogens is 3. The SMILES string of the molecule is CC1CCC(C#N)(c2cccc(C(F)(F)F)c2)CC1. The Morgan fingerprint density at radius 2 is 1.89 bits per heavy atom. The molecule has 0 amide bonds. The third-order valence-corrected chi connectivity index (χ3v) is 4.08. The van der Waals surface area contributed by atoms with Crippen molar-refractivity contribution in [3.8, 4) is 6.07 Å². The van der Waals surface area contributed by atoms with E-state index in [1.807, 2.05) is 0 Å². The molecule has 0 saturated heterocycles. The van der Waals surface area contributed by atoms with Crippen molar-refractivity contribution in [2.45, 2.75) is 44.2 Å². The summed E-state index contributed by atoms with van der Waals surface area (Å²) in [7, 11) is 0. The van der Waals surface area contributed by atoms with Gasteiger partial charge >= 0.3 is 6.18 Å². The standard InChI is InChI=1S/C15H16F3N/c1-11-5-7-14(10-19,8-6-11)12-3-2-4-13(9-12)15(16,17)18/h2-4,9,11H,5-8H2,1H3. The molecule has 0 bridgehead atoms. The molecule has 2 rings (SSSR count). The summed E-state index contributed by atoms with van der Waals surface area (Å²) in [6.45, 7) is 2.12. The molecule has 4 heteroatoms. The van der Waals surface area contributed by atoms with Gasteiger partial charge < -0.3 is 0 Å². The third-order valence-electron chi connectivity index (χ3n) is 4.08. The molecule has 0 N–H and O–H groups in total. The zero-order chi connectivity index (χ0) is 14.1. The molecule has 0 heterocycles. The summed E-state index contributed by atoms with van der Waals surface area (Å²) in [6.07, 6.45) is -1.28. The molecule has 102 valence electrons. The predicted octanol–water partition coefficient (Wildman–Crippen LogP) is 4.68. The summed E-state index contributed by atoms with van der Waals surface area (Å²) in [5.41, 5.74) is -0.900. The van der Waals surface area contributed by atoms with Gasteiger partial charge in [-0.1, -0.05) is 25.1 Å². The molecule has 0 unspecified atom stereocenters. The number of hydrogen-bond acceptors (Lipinski definition) is 1. The second kappa shape index (κ2) is 4.88. The lowest BCUT2D eigenvalue weighted by Crippen LogP contribution is -2.30. The maximum Gasteiger partial charge on any atom is 0.416 e. The van der Waals surface area contributed by atoms with E-state index >= 15 is 0 Å². The third kappa shape index (κ3) is 2.75. The van der Waals surface area contributed by atoms with Crippen molar-refractivity contribution >= 4 is 0 Å². The summed E-state index contributed by atoms with van der Waals surface area (Å²) >= 11 is 0. The highest BCUT2D eigenvalue weighted by molar-refractivity contribution is 5.37. The first-order valence-corrected chi connectivity index (χ1v) is 6.46. The van der Waals surface area contributed by atoms with Crippen LogP contribution in [-0.4, -0.2) is 0 Å². The van der Waals surface area contributed by atoms with Crippen LogP contribution in [0.5, 0.6) is 0 Å². The van der Waals surface area contributed by atoms with E-state index in [1.54, 1.807) is 6.07 Å². The largest absolute Gasteiger partial charge is 0.416 e. The molecule has 19 heavy (non-hydrogen) atoms. The van der Waals surface area contributed by atoms with Gasteiger partial charge in [-0.15, -0.1) is 0 Å². The van der Waals surface area contributed by atoms with Crippen molar-refractivity contribution in [3.05, 3.63) is 35.4 Å². The highest BCUT2D eigenvalue weighted by Crippen LogP contribution is 2.42. The van der Waals surface area contributed by atoms with E-state index in [-0.39, 0.29) is 0 Å². The highest BCUT2D eigenvalue weighted by Gasteiger charge is 2.38. The Morgan fingerprint density at radius 1 is 1.26 bits per heavy atom. The van der Waals surface area contributed by atoms with E-state index in [0.717, 1.165) is 25.0 Å². The molecule has 0 aliphatic heterocycles. The predicted molar refractivity (Wildman–Crippen MR) is 66.4 cm³/mol. The molecule has 1 saturated carbocycles. The molecule has 0 radical (unpaired) electrons. The van der Waals surface area contributed by atoms with Crippen molar-refractivity contribution in [1.82, 2.24) is 0 Å². The van der Waals surface area contributed by atoms with E-state index in [1.165, 1.54) is 6.07 Å². The van der Waals surface area contributed by atoms with Gasteiger partial charge in [-0.25, -0.2) is 0 Å². The average Bonchev–Trinajstić information content (AvgIpc) is 2.39. The second-order valence-electron chi connectivity index (χ2n) is 5.45. The minimum Gasteiger partial charge on any atom is -0.197 e. The fourth-order valence-corrected chi connectivity index (χ4v) is 2.71. The van der Waals surface area contributed by atoms with Crippen LogP contribution >= 0.6 is 0 Å². The summed E-state index contributed by atoms with van der Waals surface area (Å²) in [5, 5.41) is 9.44. The van der Waals surface area contributed by atoms with Crippen molar-refractivity contribution in [3.63, 3.8) is 0 Å². The summed E-state index contributed by atoms with van der Waals surface area (Å²) < 4.78 is 38.2. The Morgan fingerprint density at radius 3 is 2.42 bits per heavy atom. The van der Waals surface area contributed by atoms with Crippen LogP contribution in [0.3, 0.4) is 0 Å². The Kier molecular flexibility index (Phi) is 3.58. The first-order chi connectivity index (χ1) is 8.87. The number of alkyl halides is 3. The molecule has 1 nitrogen and oxygen atoms in total. The van der Waals surface area contributed by atoms with Gasteiger partial charge in [-0.05, 0) is 43.2 Å². The van der Waals surface area contributed by atoms with E-state index in [4.69, 9.17) is 0 Å². The van der Waals surface area contributed by atoms with Gasteiger partial charge in [0.2, 0.25) is 0 Å². The van der Waals surface area contributed by atoms with E-state index in [2.05, 4.69) is 13.0 Å².